The summed E-state index contributed by atoms with van der Waals surface area (Å²) < 4.78 is 0. The largest absolute Gasteiger partial charge is 0.354 e. The van der Waals surface area contributed by atoms with Crippen molar-refractivity contribution in [3.05, 3.63) is 23.9 Å². The van der Waals surface area contributed by atoms with E-state index in [0.29, 0.717) is 0 Å². The zero-order chi connectivity index (χ0) is 11.4. The van der Waals surface area contributed by atoms with E-state index in [1.54, 1.807) is 0 Å². The van der Waals surface area contributed by atoms with Gasteiger partial charge in [-0.25, -0.2) is 4.98 Å². The van der Waals surface area contributed by atoms with Gasteiger partial charge in [-0.3, -0.25) is 0 Å². The Balaban J connectivity index is 2.10. The minimum atomic E-state index is 0.730. The van der Waals surface area contributed by atoms with E-state index in [-0.39, 0.29) is 0 Å². The maximum atomic E-state index is 4.64. The Kier molecular flexibility index (Phi) is 4.22. The summed E-state index contributed by atoms with van der Waals surface area (Å²) in [4.78, 5) is 7.12. The first kappa shape index (κ1) is 11.9. The van der Waals surface area contributed by atoms with Gasteiger partial charge >= 0.3 is 0 Å². The van der Waals surface area contributed by atoms with Gasteiger partial charge in [0.1, 0.15) is 5.82 Å². The Morgan fingerprint density at radius 2 is 2.25 bits per heavy atom. The van der Waals surface area contributed by atoms with E-state index in [1.165, 1.54) is 25.7 Å². The van der Waals surface area contributed by atoms with E-state index >= 15 is 0 Å². The van der Waals surface area contributed by atoms with Crippen LogP contribution < -0.4 is 4.90 Å². The average Bonchev–Trinajstić information content (AvgIpc) is 2.21. The molecule has 0 radical (unpaired) electrons. The van der Waals surface area contributed by atoms with Crippen LogP contribution in [0.25, 0.3) is 0 Å². The van der Waals surface area contributed by atoms with Crippen molar-refractivity contribution < 1.29 is 0 Å². The first-order chi connectivity index (χ1) is 7.81. The number of aryl methyl sites for hydroxylation is 1. The molecule has 1 aromatic heterocycles. The summed E-state index contributed by atoms with van der Waals surface area (Å²) in [5, 5.41) is 1.07. The maximum absolute atomic E-state index is 4.64. The zero-order valence-corrected chi connectivity index (χ0v) is 11.4. The van der Waals surface area contributed by atoms with Crippen molar-refractivity contribution in [2.24, 2.45) is 0 Å². The lowest BCUT2D eigenvalue weighted by molar-refractivity contribution is 0.384. The highest BCUT2D eigenvalue weighted by molar-refractivity contribution is 9.09. The Labute approximate surface area is 106 Å². The van der Waals surface area contributed by atoms with Crippen molar-refractivity contribution in [3.63, 3.8) is 0 Å². The molecular weight excluding hydrogens is 264 g/mol. The minimum absolute atomic E-state index is 0.730. The van der Waals surface area contributed by atoms with Crippen LogP contribution in [-0.2, 0) is 0 Å². The van der Waals surface area contributed by atoms with Crippen LogP contribution in [0.3, 0.4) is 0 Å². The molecule has 0 amide bonds. The molecule has 0 aliphatic heterocycles. The number of anilines is 1. The van der Waals surface area contributed by atoms with E-state index in [4.69, 9.17) is 0 Å². The predicted octanol–water partition coefficient (Wildman–Crippen LogP) is 3.53. The van der Waals surface area contributed by atoms with Crippen molar-refractivity contribution in [1.82, 2.24) is 4.98 Å². The van der Waals surface area contributed by atoms with Gasteiger partial charge < -0.3 is 4.90 Å². The molecule has 1 heterocycles. The van der Waals surface area contributed by atoms with Crippen molar-refractivity contribution in [3.8, 4) is 0 Å². The SMILES string of the molecule is Cc1cccc(N(CCCBr)C2CCC2)n1. The number of hydrogen-bond acceptors (Lipinski definition) is 2. The van der Waals surface area contributed by atoms with E-state index in [0.717, 1.165) is 29.4 Å². The third-order valence-electron chi connectivity index (χ3n) is 3.22. The molecule has 2 rings (SSSR count). The lowest BCUT2D eigenvalue weighted by Gasteiger charge is -2.38. The summed E-state index contributed by atoms with van der Waals surface area (Å²) in [7, 11) is 0. The first-order valence-corrected chi connectivity index (χ1v) is 7.19. The highest BCUT2D eigenvalue weighted by atomic mass is 79.9. The topological polar surface area (TPSA) is 16.1 Å². The van der Waals surface area contributed by atoms with Crippen LogP contribution >= 0.6 is 15.9 Å². The number of alkyl halides is 1. The molecule has 0 atom stereocenters. The van der Waals surface area contributed by atoms with Crippen LogP contribution in [0.4, 0.5) is 5.82 Å². The molecule has 1 saturated carbocycles. The molecule has 0 saturated heterocycles. The molecule has 0 bridgehead atoms. The minimum Gasteiger partial charge on any atom is -0.354 e. The maximum Gasteiger partial charge on any atom is 0.129 e. The molecule has 0 aromatic carbocycles. The second kappa shape index (κ2) is 5.67. The summed E-state index contributed by atoms with van der Waals surface area (Å²) >= 11 is 3.51. The van der Waals surface area contributed by atoms with Crippen molar-refractivity contribution >= 4 is 21.7 Å². The Bertz CT molecular complexity index is 336. The molecule has 1 aromatic rings. The first-order valence-electron chi connectivity index (χ1n) is 6.07. The van der Waals surface area contributed by atoms with Crippen LogP contribution in [0.2, 0.25) is 0 Å². The second-order valence-electron chi connectivity index (χ2n) is 4.46. The van der Waals surface area contributed by atoms with Crippen LogP contribution in [0, 0.1) is 6.92 Å². The lowest BCUT2D eigenvalue weighted by Crippen LogP contribution is -2.41. The number of nitrogens with zero attached hydrogens (tertiary/aromatic N) is 2. The quantitative estimate of drug-likeness (QED) is 0.768. The van der Waals surface area contributed by atoms with Gasteiger partial charge in [-0.2, -0.15) is 0 Å². The van der Waals surface area contributed by atoms with E-state index < -0.39 is 0 Å². The van der Waals surface area contributed by atoms with Crippen LogP contribution in [0.1, 0.15) is 31.4 Å². The lowest BCUT2D eigenvalue weighted by atomic mass is 9.91. The van der Waals surface area contributed by atoms with E-state index in [9.17, 15) is 0 Å². The summed E-state index contributed by atoms with van der Waals surface area (Å²) in [6.45, 7) is 3.18. The summed E-state index contributed by atoms with van der Waals surface area (Å²) in [6.07, 6.45) is 5.23. The van der Waals surface area contributed by atoms with Gasteiger partial charge in [0.25, 0.3) is 0 Å². The van der Waals surface area contributed by atoms with Crippen LogP contribution in [0.15, 0.2) is 18.2 Å². The second-order valence-corrected chi connectivity index (χ2v) is 5.25. The molecule has 3 heteroatoms. The summed E-state index contributed by atoms with van der Waals surface area (Å²) in [6, 6.07) is 7.04. The monoisotopic (exact) mass is 282 g/mol. The standard InChI is InChI=1S/C13H19BrN2/c1-11-5-2-8-13(15-11)16(10-4-9-14)12-6-3-7-12/h2,5,8,12H,3-4,6-7,9-10H2,1H3. The van der Waals surface area contributed by atoms with Gasteiger partial charge in [-0.1, -0.05) is 22.0 Å². The third kappa shape index (κ3) is 2.76. The third-order valence-corrected chi connectivity index (χ3v) is 3.78. The van der Waals surface area contributed by atoms with Gasteiger partial charge in [-0.15, -0.1) is 0 Å². The molecule has 1 aliphatic carbocycles. The number of rotatable bonds is 5. The summed E-state index contributed by atoms with van der Waals surface area (Å²) in [5.41, 5.74) is 1.11. The average molecular weight is 283 g/mol. The Hall–Kier alpha value is -0.570. The molecule has 1 aliphatic rings. The van der Waals surface area contributed by atoms with Gasteiger partial charge in [0.2, 0.25) is 0 Å². The molecule has 88 valence electrons. The highest BCUT2D eigenvalue weighted by Crippen LogP contribution is 2.28. The van der Waals surface area contributed by atoms with E-state index in [2.05, 4.69) is 50.9 Å². The van der Waals surface area contributed by atoms with Gasteiger partial charge in [-0.05, 0) is 44.7 Å². The molecular formula is C13H19BrN2. The molecule has 1 fully saturated rings. The highest BCUT2D eigenvalue weighted by Gasteiger charge is 2.25. The number of hydrogen-bond donors (Lipinski definition) is 0. The predicted molar refractivity (Wildman–Crippen MR) is 72.4 cm³/mol. The van der Waals surface area contributed by atoms with Crippen LogP contribution in [0.5, 0.6) is 0 Å². The fourth-order valence-electron chi connectivity index (χ4n) is 2.10. The summed E-state index contributed by atoms with van der Waals surface area (Å²) in [5.74, 6) is 1.16. The normalized spacial score (nSPS) is 15.9. The Morgan fingerprint density at radius 3 is 2.81 bits per heavy atom. The number of pyridine rings is 1. The molecule has 0 spiro atoms. The smallest absolute Gasteiger partial charge is 0.129 e. The van der Waals surface area contributed by atoms with Gasteiger partial charge in [0, 0.05) is 23.6 Å². The van der Waals surface area contributed by atoms with Crippen LogP contribution in [-0.4, -0.2) is 22.9 Å². The molecule has 0 unspecified atom stereocenters. The fourth-order valence-corrected chi connectivity index (χ4v) is 2.35. The molecule has 16 heavy (non-hydrogen) atoms. The van der Waals surface area contributed by atoms with Gasteiger partial charge in [0.15, 0.2) is 0 Å². The fraction of sp³-hybridized carbons (Fsp3) is 0.615. The number of aromatic nitrogens is 1. The van der Waals surface area contributed by atoms with E-state index in [1.807, 2.05) is 0 Å². The molecule has 0 N–H and O–H groups in total. The van der Waals surface area contributed by atoms with Gasteiger partial charge in [0.05, 0.1) is 0 Å². The Morgan fingerprint density at radius 1 is 1.44 bits per heavy atom. The zero-order valence-electron chi connectivity index (χ0n) is 9.82. The van der Waals surface area contributed by atoms with Crippen molar-refractivity contribution in [2.75, 3.05) is 16.8 Å². The molecule has 2 nitrogen and oxygen atoms in total. The number of halogens is 1. The van der Waals surface area contributed by atoms with Crippen molar-refractivity contribution in [2.45, 2.75) is 38.6 Å². The van der Waals surface area contributed by atoms with Crippen molar-refractivity contribution in [1.29, 1.82) is 0 Å².